The molecule has 0 bridgehead atoms. The zero-order valence-corrected chi connectivity index (χ0v) is 10.8. The van der Waals surface area contributed by atoms with Gasteiger partial charge in [-0.05, 0) is 37.5 Å². The molecule has 0 spiro atoms. The molecule has 2 saturated carbocycles. The molecule has 1 aliphatic heterocycles. The predicted molar refractivity (Wildman–Crippen MR) is 67.5 cm³/mol. The minimum atomic E-state index is 0.816. The van der Waals surface area contributed by atoms with Crippen LogP contribution in [-0.2, 0) is 0 Å². The fraction of sp³-hybridized carbons (Fsp3) is 1.00. The average molecular weight is 222 g/mol. The van der Waals surface area contributed by atoms with Gasteiger partial charge in [0.2, 0.25) is 0 Å². The van der Waals surface area contributed by atoms with Gasteiger partial charge in [-0.3, -0.25) is 4.90 Å². The first-order valence-electron chi connectivity index (χ1n) is 7.32. The van der Waals surface area contributed by atoms with Crippen LogP contribution < -0.4 is 5.32 Å². The second-order valence-corrected chi connectivity index (χ2v) is 6.08. The zero-order chi connectivity index (χ0) is 11.1. The van der Waals surface area contributed by atoms with E-state index < -0.39 is 0 Å². The number of piperazine rings is 1. The highest BCUT2D eigenvalue weighted by atomic mass is 15.3. The molecule has 4 unspecified atom stereocenters. The molecular weight excluding hydrogens is 196 g/mol. The summed E-state index contributed by atoms with van der Waals surface area (Å²) >= 11 is 0. The number of hydrogen-bond acceptors (Lipinski definition) is 2. The molecule has 0 radical (unpaired) electrons. The Labute approximate surface area is 99.8 Å². The second kappa shape index (κ2) is 4.30. The monoisotopic (exact) mass is 222 g/mol. The molecule has 2 heteroatoms. The van der Waals surface area contributed by atoms with Crippen molar-refractivity contribution in [2.45, 2.75) is 64.1 Å². The van der Waals surface area contributed by atoms with Crippen molar-refractivity contribution in [3.63, 3.8) is 0 Å². The highest BCUT2D eigenvalue weighted by molar-refractivity contribution is 5.02. The Balaban J connectivity index is 1.62. The van der Waals surface area contributed by atoms with Gasteiger partial charge in [0.1, 0.15) is 0 Å². The lowest BCUT2D eigenvalue weighted by Gasteiger charge is -2.41. The summed E-state index contributed by atoms with van der Waals surface area (Å²) in [7, 11) is 0. The number of rotatable bonds is 4. The van der Waals surface area contributed by atoms with Crippen molar-refractivity contribution in [1.82, 2.24) is 10.2 Å². The Morgan fingerprint density at radius 1 is 1.19 bits per heavy atom. The Hall–Kier alpha value is -0.0800. The third kappa shape index (κ3) is 2.02. The summed E-state index contributed by atoms with van der Waals surface area (Å²) < 4.78 is 0. The Morgan fingerprint density at radius 3 is 2.56 bits per heavy atom. The lowest BCUT2D eigenvalue weighted by atomic mass is 10.0. The molecule has 0 aromatic heterocycles. The van der Waals surface area contributed by atoms with Crippen LogP contribution >= 0.6 is 0 Å². The first kappa shape index (κ1) is 11.0. The molecule has 2 nitrogen and oxygen atoms in total. The van der Waals surface area contributed by atoms with E-state index in [2.05, 4.69) is 24.1 Å². The molecule has 3 fully saturated rings. The fourth-order valence-corrected chi connectivity index (χ4v) is 3.52. The summed E-state index contributed by atoms with van der Waals surface area (Å²) in [4.78, 5) is 2.85. The smallest absolute Gasteiger partial charge is 0.0224 e. The van der Waals surface area contributed by atoms with E-state index in [0.717, 1.165) is 30.0 Å². The molecule has 2 aliphatic carbocycles. The average Bonchev–Trinajstić information content (AvgIpc) is 3.18. The van der Waals surface area contributed by atoms with Crippen molar-refractivity contribution < 1.29 is 0 Å². The van der Waals surface area contributed by atoms with Crippen LogP contribution in [0.2, 0.25) is 0 Å². The highest BCUT2D eigenvalue weighted by Crippen LogP contribution is 2.42. The topological polar surface area (TPSA) is 15.3 Å². The lowest BCUT2D eigenvalue weighted by molar-refractivity contribution is 0.105. The highest BCUT2D eigenvalue weighted by Gasteiger charge is 2.46. The quantitative estimate of drug-likeness (QED) is 0.785. The summed E-state index contributed by atoms with van der Waals surface area (Å²) in [5, 5.41) is 3.79. The van der Waals surface area contributed by atoms with E-state index >= 15 is 0 Å². The Morgan fingerprint density at radius 2 is 2.00 bits per heavy atom. The van der Waals surface area contributed by atoms with Crippen molar-refractivity contribution in [3.8, 4) is 0 Å². The van der Waals surface area contributed by atoms with Crippen LogP contribution in [0.25, 0.3) is 0 Å². The largest absolute Gasteiger partial charge is 0.311 e. The maximum absolute atomic E-state index is 3.79. The van der Waals surface area contributed by atoms with E-state index in [-0.39, 0.29) is 0 Å². The van der Waals surface area contributed by atoms with Crippen molar-refractivity contribution in [2.24, 2.45) is 11.8 Å². The van der Waals surface area contributed by atoms with Gasteiger partial charge in [0.05, 0.1) is 0 Å². The van der Waals surface area contributed by atoms with Gasteiger partial charge in [-0.1, -0.05) is 20.3 Å². The van der Waals surface area contributed by atoms with Crippen LogP contribution in [0.3, 0.4) is 0 Å². The van der Waals surface area contributed by atoms with Gasteiger partial charge in [0, 0.05) is 31.2 Å². The Bertz CT molecular complexity index is 249. The van der Waals surface area contributed by atoms with Crippen LogP contribution in [0.5, 0.6) is 0 Å². The van der Waals surface area contributed by atoms with E-state index in [0.29, 0.717) is 0 Å². The molecule has 0 amide bonds. The van der Waals surface area contributed by atoms with Gasteiger partial charge in [0.25, 0.3) is 0 Å². The van der Waals surface area contributed by atoms with Gasteiger partial charge in [-0.2, -0.15) is 0 Å². The van der Waals surface area contributed by atoms with Crippen molar-refractivity contribution in [2.75, 3.05) is 13.1 Å². The molecule has 3 rings (SSSR count). The summed E-state index contributed by atoms with van der Waals surface area (Å²) in [6, 6.07) is 2.58. The summed E-state index contributed by atoms with van der Waals surface area (Å²) in [6.45, 7) is 7.28. The van der Waals surface area contributed by atoms with E-state index in [1.54, 1.807) is 0 Å². The van der Waals surface area contributed by atoms with Crippen molar-refractivity contribution in [3.05, 3.63) is 0 Å². The van der Waals surface area contributed by atoms with Crippen LogP contribution in [0.1, 0.15) is 46.0 Å². The first-order chi connectivity index (χ1) is 7.83. The van der Waals surface area contributed by atoms with E-state index in [4.69, 9.17) is 0 Å². The summed E-state index contributed by atoms with van der Waals surface area (Å²) in [5.74, 6) is 2.03. The molecule has 16 heavy (non-hydrogen) atoms. The van der Waals surface area contributed by atoms with Gasteiger partial charge >= 0.3 is 0 Å². The van der Waals surface area contributed by atoms with Gasteiger partial charge in [0.15, 0.2) is 0 Å². The molecule has 4 atom stereocenters. The normalized spacial score (nSPS) is 44.6. The minimum absolute atomic E-state index is 0.816. The second-order valence-electron chi connectivity index (χ2n) is 6.08. The van der Waals surface area contributed by atoms with Crippen LogP contribution in [0.4, 0.5) is 0 Å². The fourth-order valence-electron chi connectivity index (χ4n) is 3.52. The molecular formula is C14H26N2. The predicted octanol–water partition coefficient (Wildman–Crippen LogP) is 2.25. The lowest BCUT2D eigenvalue weighted by Crippen LogP contribution is -2.57. The summed E-state index contributed by atoms with van der Waals surface area (Å²) in [6.07, 6.45) is 7.13. The Kier molecular flexibility index (Phi) is 2.97. The maximum atomic E-state index is 3.79. The van der Waals surface area contributed by atoms with Crippen molar-refractivity contribution >= 4 is 0 Å². The standard InChI is InChI=1S/C14H26N2/c1-3-10-7-14(10)16-9-13(11-5-6-11)15-8-12(16)4-2/h10-15H,3-9H2,1-2H3. The molecule has 1 saturated heterocycles. The van der Waals surface area contributed by atoms with Crippen LogP contribution in [0, 0.1) is 11.8 Å². The molecule has 92 valence electrons. The van der Waals surface area contributed by atoms with Gasteiger partial charge in [-0.15, -0.1) is 0 Å². The van der Waals surface area contributed by atoms with Crippen molar-refractivity contribution in [1.29, 1.82) is 0 Å². The van der Waals surface area contributed by atoms with E-state index in [1.165, 1.54) is 45.2 Å². The van der Waals surface area contributed by atoms with Gasteiger partial charge < -0.3 is 5.32 Å². The van der Waals surface area contributed by atoms with Gasteiger partial charge in [-0.25, -0.2) is 0 Å². The number of hydrogen-bond donors (Lipinski definition) is 1. The number of nitrogens with one attached hydrogen (secondary N) is 1. The number of nitrogens with zero attached hydrogens (tertiary/aromatic N) is 1. The molecule has 3 aliphatic rings. The molecule has 1 N–H and O–H groups in total. The molecule has 1 heterocycles. The SMILES string of the molecule is CCC1CC1N1CC(C2CC2)NCC1CC. The van der Waals surface area contributed by atoms with E-state index in [9.17, 15) is 0 Å². The van der Waals surface area contributed by atoms with Crippen LogP contribution in [-0.4, -0.2) is 36.1 Å². The third-order valence-electron chi connectivity index (χ3n) is 4.99. The third-order valence-corrected chi connectivity index (χ3v) is 4.99. The first-order valence-corrected chi connectivity index (χ1v) is 7.32. The minimum Gasteiger partial charge on any atom is -0.311 e. The van der Waals surface area contributed by atoms with Crippen LogP contribution in [0.15, 0.2) is 0 Å². The van der Waals surface area contributed by atoms with E-state index in [1.807, 2.05) is 0 Å². The molecule has 0 aromatic carbocycles. The maximum Gasteiger partial charge on any atom is 0.0224 e. The zero-order valence-electron chi connectivity index (χ0n) is 10.8. The molecule has 0 aromatic rings. The summed E-state index contributed by atoms with van der Waals surface area (Å²) in [5.41, 5.74) is 0.